The summed E-state index contributed by atoms with van der Waals surface area (Å²) in [6.07, 6.45) is 1.21. The SMILES string of the molecule is Cc1c(Cl)cccc1NC1CCN(C)C1. The molecule has 0 spiro atoms. The number of benzene rings is 1. The van der Waals surface area contributed by atoms with Gasteiger partial charge >= 0.3 is 0 Å². The fourth-order valence-corrected chi connectivity index (χ4v) is 2.21. The number of rotatable bonds is 2. The van der Waals surface area contributed by atoms with Crippen LogP contribution in [-0.2, 0) is 0 Å². The van der Waals surface area contributed by atoms with Crippen LogP contribution in [0.5, 0.6) is 0 Å². The molecule has 0 saturated carbocycles. The van der Waals surface area contributed by atoms with E-state index in [1.54, 1.807) is 0 Å². The summed E-state index contributed by atoms with van der Waals surface area (Å²) in [5.41, 5.74) is 2.32. The second-order valence-corrected chi connectivity index (χ2v) is 4.71. The quantitative estimate of drug-likeness (QED) is 0.831. The van der Waals surface area contributed by atoms with E-state index in [9.17, 15) is 0 Å². The van der Waals surface area contributed by atoms with Crippen LogP contribution < -0.4 is 5.32 Å². The Morgan fingerprint density at radius 1 is 1.47 bits per heavy atom. The zero-order valence-electron chi connectivity index (χ0n) is 9.26. The molecule has 0 radical (unpaired) electrons. The van der Waals surface area contributed by atoms with Crippen molar-refractivity contribution in [2.75, 3.05) is 25.5 Å². The van der Waals surface area contributed by atoms with Crippen molar-refractivity contribution >= 4 is 17.3 Å². The van der Waals surface area contributed by atoms with Crippen LogP contribution in [0.4, 0.5) is 5.69 Å². The Morgan fingerprint density at radius 3 is 2.93 bits per heavy atom. The van der Waals surface area contributed by atoms with E-state index in [1.165, 1.54) is 18.7 Å². The molecule has 2 rings (SSSR count). The van der Waals surface area contributed by atoms with Gasteiger partial charge in [0.15, 0.2) is 0 Å². The Morgan fingerprint density at radius 2 is 2.27 bits per heavy atom. The standard InChI is InChI=1S/C12H17ClN2/c1-9-11(13)4-3-5-12(9)14-10-6-7-15(2)8-10/h3-5,10,14H,6-8H2,1-2H3. The van der Waals surface area contributed by atoms with E-state index in [2.05, 4.69) is 30.3 Å². The summed E-state index contributed by atoms with van der Waals surface area (Å²) in [5, 5.41) is 4.39. The minimum Gasteiger partial charge on any atom is -0.381 e. The van der Waals surface area contributed by atoms with E-state index < -0.39 is 0 Å². The average Bonchev–Trinajstić information content (AvgIpc) is 2.59. The maximum absolute atomic E-state index is 6.08. The van der Waals surface area contributed by atoms with E-state index in [-0.39, 0.29) is 0 Å². The van der Waals surface area contributed by atoms with E-state index >= 15 is 0 Å². The van der Waals surface area contributed by atoms with Crippen molar-refractivity contribution in [2.45, 2.75) is 19.4 Å². The van der Waals surface area contributed by atoms with Gasteiger partial charge in [-0.05, 0) is 44.6 Å². The molecule has 0 bridgehead atoms. The number of hydrogen-bond donors (Lipinski definition) is 1. The van der Waals surface area contributed by atoms with E-state index in [1.807, 2.05) is 12.1 Å². The van der Waals surface area contributed by atoms with Gasteiger partial charge in [-0.25, -0.2) is 0 Å². The summed E-state index contributed by atoms with van der Waals surface area (Å²) < 4.78 is 0. The molecule has 15 heavy (non-hydrogen) atoms. The normalized spacial score (nSPS) is 21.9. The largest absolute Gasteiger partial charge is 0.381 e. The molecule has 82 valence electrons. The Balaban J connectivity index is 2.07. The third-order valence-corrected chi connectivity index (χ3v) is 3.43. The molecule has 3 heteroatoms. The smallest absolute Gasteiger partial charge is 0.0455 e. The summed E-state index contributed by atoms with van der Waals surface area (Å²) in [4.78, 5) is 2.34. The molecule has 1 N–H and O–H groups in total. The molecule has 1 aromatic carbocycles. The van der Waals surface area contributed by atoms with Crippen LogP contribution in [0.1, 0.15) is 12.0 Å². The summed E-state index contributed by atoms with van der Waals surface area (Å²) in [6, 6.07) is 6.59. The lowest BCUT2D eigenvalue weighted by molar-refractivity contribution is 0.414. The van der Waals surface area contributed by atoms with Gasteiger partial charge in [0.1, 0.15) is 0 Å². The second-order valence-electron chi connectivity index (χ2n) is 4.30. The molecule has 1 aliphatic rings. The van der Waals surface area contributed by atoms with Gasteiger partial charge in [-0.1, -0.05) is 17.7 Å². The molecule has 0 amide bonds. The van der Waals surface area contributed by atoms with Crippen LogP contribution in [-0.4, -0.2) is 31.1 Å². The molecule has 1 fully saturated rings. The highest BCUT2D eigenvalue weighted by Gasteiger charge is 2.19. The summed E-state index contributed by atoms with van der Waals surface area (Å²) in [6.45, 7) is 4.35. The van der Waals surface area contributed by atoms with Gasteiger partial charge in [-0.2, -0.15) is 0 Å². The van der Waals surface area contributed by atoms with Crippen molar-refractivity contribution < 1.29 is 0 Å². The zero-order chi connectivity index (χ0) is 10.8. The second kappa shape index (κ2) is 4.42. The van der Waals surface area contributed by atoms with Crippen LogP contribution in [0.2, 0.25) is 5.02 Å². The topological polar surface area (TPSA) is 15.3 Å². The molecule has 1 aromatic rings. The van der Waals surface area contributed by atoms with Gasteiger partial charge in [0.2, 0.25) is 0 Å². The number of halogens is 1. The van der Waals surface area contributed by atoms with Crippen molar-refractivity contribution in [3.63, 3.8) is 0 Å². The van der Waals surface area contributed by atoms with E-state index in [0.717, 1.165) is 17.1 Å². The lowest BCUT2D eigenvalue weighted by atomic mass is 10.1. The minimum absolute atomic E-state index is 0.562. The molecule has 0 aromatic heterocycles. The highest BCUT2D eigenvalue weighted by atomic mass is 35.5. The number of likely N-dealkylation sites (N-methyl/N-ethyl adjacent to an activating group) is 1. The van der Waals surface area contributed by atoms with Crippen LogP contribution >= 0.6 is 11.6 Å². The summed E-state index contributed by atoms with van der Waals surface area (Å²) in [7, 11) is 2.16. The van der Waals surface area contributed by atoms with Gasteiger partial charge in [-0.15, -0.1) is 0 Å². The maximum atomic E-state index is 6.08. The predicted octanol–water partition coefficient (Wildman–Crippen LogP) is 2.76. The molecule has 1 saturated heterocycles. The van der Waals surface area contributed by atoms with Crippen molar-refractivity contribution in [3.8, 4) is 0 Å². The van der Waals surface area contributed by atoms with Gasteiger partial charge in [0, 0.05) is 23.3 Å². The van der Waals surface area contributed by atoms with Crippen molar-refractivity contribution in [1.29, 1.82) is 0 Å². The van der Waals surface area contributed by atoms with E-state index in [0.29, 0.717) is 6.04 Å². The Kier molecular flexibility index (Phi) is 3.17. The number of anilines is 1. The first-order chi connectivity index (χ1) is 7.16. The van der Waals surface area contributed by atoms with Crippen LogP contribution in [0.3, 0.4) is 0 Å². The molecule has 1 heterocycles. The molecular formula is C12H17ClN2. The van der Waals surface area contributed by atoms with Gasteiger partial charge in [0.05, 0.1) is 0 Å². The van der Waals surface area contributed by atoms with Crippen molar-refractivity contribution in [1.82, 2.24) is 4.90 Å². The fourth-order valence-electron chi connectivity index (χ4n) is 2.04. The van der Waals surface area contributed by atoms with Crippen LogP contribution in [0, 0.1) is 6.92 Å². The highest BCUT2D eigenvalue weighted by Crippen LogP contribution is 2.24. The Hall–Kier alpha value is -0.730. The molecule has 1 atom stereocenters. The van der Waals surface area contributed by atoms with E-state index in [4.69, 9.17) is 11.6 Å². The first-order valence-electron chi connectivity index (χ1n) is 5.37. The maximum Gasteiger partial charge on any atom is 0.0455 e. The molecule has 1 unspecified atom stereocenters. The number of nitrogens with one attached hydrogen (secondary N) is 1. The molecule has 2 nitrogen and oxygen atoms in total. The first kappa shape index (κ1) is 10.8. The van der Waals surface area contributed by atoms with Crippen LogP contribution in [0.25, 0.3) is 0 Å². The molecular weight excluding hydrogens is 208 g/mol. The Bertz CT molecular complexity index is 351. The predicted molar refractivity (Wildman–Crippen MR) is 65.7 cm³/mol. The zero-order valence-corrected chi connectivity index (χ0v) is 10.0. The molecule has 1 aliphatic heterocycles. The Labute approximate surface area is 96.2 Å². The first-order valence-corrected chi connectivity index (χ1v) is 5.75. The van der Waals surface area contributed by atoms with Crippen LogP contribution in [0.15, 0.2) is 18.2 Å². The van der Waals surface area contributed by atoms with Gasteiger partial charge in [0.25, 0.3) is 0 Å². The van der Waals surface area contributed by atoms with Crippen molar-refractivity contribution in [2.24, 2.45) is 0 Å². The fraction of sp³-hybridized carbons (Fsp3) is 0.500. The summed E-state index contributed by atoms with van der Waals surface area (Å²) in [5.74, 6) is 0. The number of nitrogens with zero attached hydrogens (tertiary/aromatic N) is 1. The summed E-state index contributed by atoms with van der Waals surface area (Å²) >= 11 is 6.08. The number of hydrogen-bond acceptors (Lipinski definition) is 2. The van der Waals surface area contributed by atoms with Gasteiger partial charge in [-0.3, -0.25) is 0 Å². The molecule has 0 aliphatic carbocycles. The lowest BCUT2D eigenvalue weighted by Crippen LogP contribution is -2.23. The monoisotopic (exact) mass is 224 g/mol. The number of likely N-dealkylation sites (tertiary alicyclic amines) is 1. The van der Waals surface area contributed by atoms with Crippen molar-refractivity contribution in [3.05, 3.63) is 28.8 Å². The van der Waals surface area contributed by atoms with Gasteiger partial charge < -0.3 is 10.2 Å². The third-order valence-electron chi connectivity index (χ3n) is 3.02. The minimum atomic E-state index is 0.562. The highest BCUT2D eigenvalue weighted by molar-refractivity contribution is 6.31. The lowest BCUT2D eigenvalue weighted by Gasteiger charge is -2.16. The average molecular weight is 225 g/mol. The third kappa shape index (κ3) is 2.44.